The summed E-state index contributed by atoms with van der Waals surface area (Å²) in [5.41, 5.74) is 1.12. The minimum absolute atomic E-state index is 0.0194. The van der Waals surface area contributed by atoms with E-state index in [4.69, 9.17) is 0 Å². The Labute approximate surface area is 145 Å². The molecule has 1 aliphatic heterocycles. The van der Waals surface area contributed by atoms with Gasteiger partial charge in [0.15, 0.2) is 0 Å². The molecule has 2 fully saturated rings. The van der Waals surface area contributed by atoms with Crippen LogP contribution in [-0.2, 0) is 9.59 Å². The first-order valence-electron chi connectivity index (χ1n) is 9.29. The SMILES string of the molecule is C/C(=C/C(=O)NC(CC(C)C)C(=O)N1CCC(CO)CC1)C1CC1. The van der Waals surface area contributed by atoms with Crippen LogP contribution in [0.25, 0.3) is 0 Å². The highest BCUT2D eigenvalue weighted by Crippen LogP contribution is 2.35. The molecule has 0 spiro atoms. The maximum atomic E-state index is 12.8. The van der Waals surface area contributed by atoms with Crippen molar-refractivity contribution in [2.24, 2.45) is 17.8 Å². The van der Waals surface area contributed by atoms with E-state index in [0.717, 1.165) is 18.4 Å². The van der Waals surface area contributed by atoms with Crippen molar-refractivity contribution in [2.75, 3.05) is 19.7 Å². The van der Waals surface area contributed by atoms with Gasteiger partial charge in [-0.05, 0) is 56.8 Å². The molecular formula is C19H32N2O3. The number of carbonyl (C=O) groups excluding carboxylic acids is 2. The quantitative estimate of drug-likeness (QED) is 0.700. The van der Waals surface area contributed by atoms with Crippen molar-refractivity contribution in [2.45, 2.75) is 58.9 Å². The van der Waals surface area contributed by atoms with Crippen molar-refractivity contribution in [1.82, 2.24) is 10.2 Å². The third kappa shape index (κ3) is 5.62. The summed E-state index contributed by atoms with van der Waals surface area (Å²) in [6.45, 7) is 7.66. The molecule has 0 aromatic heterocycles. The second kappa shape index (κ2) is 8.65. The second-order valence-corrected chi connectivity index (χ2v) is 7.80. The van der Waals surface area contributed by atoms with Gasteiger partial charge in [0, 0.05) is 25.8 Å². The number of piperidine rings is 1. The fraction of sp³-hybridized carbons (Fsp3) is 0.789. The zero-order valence-corrected chi connectivity index (χ0v) is 15.3. The summed E-state index contributed by atoms with van der Waals surface area (Å²) >= 11 is 0. The first kappa shape index (κ1) is 19.0. The third-order valence-corrected chi connectivity index (χ3v) is 5.09. The van der Waals surface area contributed by atoms with Crippen molar-refractivity contribution in [3.8, 4) is 0 Å². The fourth-order valence-corrected chi connectivity index (χ4v) is 3.33. The minimum Gasteiger partial charge on any atom is -0.396 e. The summed E-state index contributed by atoms with van der Waals surface area (Å²) in [4.78, 5) is 26.9. The molecule has 5 nitrogen and oxygen atoms in total. The van der Waals surface area contributed by atoms with Gasteiger partial charge in [-0.1, -0.05) is 19.4 Å². The van der Waals surface area contributed by atoms with Gasteiger partial charge in [0.1, 0.15) is 6.04 Å². The van der Waals surface area contributed by atoms with Crippen LogP contribution in [0.3, 0.4) is 0 Å². The summed E-state index contributed by atoms with van der Waals surface area (Å²) in [7, 11) is 0. The molecule has 1 aliphatic carbocycles. The van der Waals surface area contributed by atoms with Crippen LogP contribution in [-0.4, -0.2) is 47.6 Å². The molecule has 2 amide bonds. The number of hydrogen-bond acceptors (Lipinski definition) is 3. The molecule has 1 saturated heterocycles. The van der Waals surface area contributed by atoms with E-state index in [0.29, 0.717) is 37.3 Å². The highest BCUT2D eigenvalue weighted by atomic mass is 16.3. The monoisotopic (exact) mass is 336 g/mol. The van der Waals surface area contributed by atoms with Crippen LogP contribution in [0.1, 0.15) is 52.9 Å². The number of aliphatic hydroxyl groups excluding tert-OH is 1. The molecule has 0 aromatic rings. The van der Waals surface area contributed by atoms with E-state index in [1.807, 2.05) is 11.8 Å². The van der Waals surface area contributed by atoms with Crippen molar-refractivity contribution >= 4 is 11.8 Å². The van der Waals surface area contributed by atoms with Crippen LogP contribution in [0.5, 0.6) is 0 Å². The Hall–Kier alpha value is -1.36. The third-order valence-electron chi connectivity index (χ3n) is 5.09. The Balaban J connectivity index is 1.95. The summed E-state index contributed by atoms with van der Waals surface area (Å²) in [5, 5.41) is 12.2. The lowest BCUT2D eigenvalue weighted by molar-refractivity contribution is -0.137. The fourth-order valence-electron chi connectivity index (χ4n) is 3.33. The molecule has 0 aromatic carbocycles. The van der Waals surface area contributed by atoms with E-state index in [1.165, 1.54) is 12.8 Å². The maximum absolute atomic E-state index is 12.8. The summed E-state index contributed by atoms with van der Waals surface area (Å²) in [6.07, 6.45) is 6.33. The van der Waals surface area contributed by atoms with E-state index in [9.17, 15) is 14.7 Å². The van der Waals surface area contributed by atoms with Gasteiger partial charge in [-0.3, -0.25) is 9.59 Å². The number of nitrogens with one attached hydrogen (secondary N) is 1. The Morgan fingerprint density at radius 1 is 1.21 bits per heavy atom. The second-order valence-electron chi connectivity index (χ2n) is 7.80. The largest absolute Gasteiger partial charge is 0.396 e. The number of likely N-dealkylation sites (tertiary alicyclic amines) is 1. The zero-order chi connectivity index (χ0) is 17.7. The summed E-state index contributed by atoms with van der Waals surface area (Å²) < 4.78 is 0. The van der Waals surface area contributed by atoms with Gasteiger partial charge in [0.25, 0.3) is 0 Å². The van der Waals surface area contributed by atoms with Gasteiger partial charge in [-0.2, -0.15) is 0 Å². The average molecular weight is 336 g/mol. The van der Waals surface area contributed by atoms with Gasteiger partial charge in [-0.25, -0.2) is 0 Å². The predicted molar refractivity (Wildman–Crippen MR) is 94.3 cm³/mol. The van der Waals surface area contributed by atoms with E-state index in [2.05, 4.69) is 19.2 Å². The van der Waals surface area contributed by atoms with Crippen molar-refractivity contribution in [3.05, 3.63) is 11.6 Å². The average Bonchev–Trinajstić information content (AvgIpc) is 3.38. The number of allylic oxidation sites excluding steroid dienone is 1. The molecule has 1 saturated carbocycles. The smallest absolute Gasteiger partial charge is 0.245 e. The number of amides is 2. The minimum atomic E-state index is -0.452. The van der Waals surface area contributed by atoms with Crippen LogP contribution in [0.15, 0.2) is 11.6 Å². The maximum Gasteiger partial charge on any atom is 0.245 e. The molecule has 1 atom stereocenters. The first-order chi connectivity index (χ1) is 11.4. The Bertz CT molecular complexity index is 475. The molecule has 1 heterocycles. The highest BCUT2D eigenvalue weighted by Gasteiger charge is 2.30. The van der Waals surface area contributed by atoms with Gasteiger partial charge < -0.3 is 15.3 Å². The van der Waals surface area contributed by atoms with Gasteiger partial charge in [-0.15, -0.1) is 0 Å². The standard InChI is InChI=1S/C19H32N2O3/c1-13(2)10-17(20-18(23)11-14(3)16-4-5-16)19(24)21-8-6-15(12-22)7-9-21/h11,13,15-17,22H,4-10,12H2,1-3H3,(H,20,23)/b14-11-. The van der Waals surface area contributed by atoms with Crippen LogP contribution in [0.4, 0.5) is 0 Å². The highest BCUT2D eigenvalue weighted by molar-refractivity contribution is 5.93. The molecule has 0 bridgehead atoms. The lowest BCUT2D eigenvalue weighted by atomic mass is 9.96. The molecule has 2 N–H and O–H groups in total. The van der Waals surface area contributed by atoms with E-state index in [-0.39, 0.29) is 18.4 Å². The first-order valence-corrected chi connectivity index (χ1v) is 9.29. The normalized spacial score (nSPS) is 21.0. The molecule has 2 rings (SSSR count). The van der Waals surface area contributed by atoms with E-state index < -0.39 is 6.04 Å². The molecule has 1 unspecified atom stereocenters. The van der Waals surface area contributed by atoms with Gasteiger partial charge in [0.05, 0.1) is 0 Å². The molecule has 136 valence electrons. The van der Waals surface area contributed by atoms with Crippen molar-refractivity contribution in [3.63, 3.8) is 0 Å². The van der Waals surface area contributed by atoms with Crippen LogP contribution in [0, 0.1) is 17.8 Å². The van der Waals surface area contributed by atoms with Crippen LogP contribution >= 0.6 is 0 Å². The predicted octanol–water partition coefficient (Wildman–Crippen LogP) is 2.10. The summed E-state index contributed by atoms with van der Waals surface area (Å²) in [6, 6.07) is -0.452. The lowest BCUT2D eigenvalue weighted by Gasteiger charge is -2.34. The molecule has 5 heteroatoms. The number of hydrogen-bond donors (Lipinski definition) is 2. The van der Waals surface area contributed by atoms with Gasteiger partial charge in [0.2, 0.25) is 11.8 Å². The van der Waals surface area contributed by atoms with Crippen molar-refractivity contribution < 1.29 is 14.7 Å². The number of rotatable bonds is 7. The Morgan fingerprint density at radius 2 is 1.83 bits per heavy atom. The molecular weight excluding hydrogens is 304 g/mol. The summed E-state index contributed by atoms with van der Waals surface area (Å²) in [5.74, 6) is 1.07. The van der Waals surface area contributed by atoms with E-state index >= 15 is 0 Å². The topological polar surface area (TPSA) is 69.6 Å². The Morgan fingerprint density at radius 3 is 2.33 bits per heavy atom. The number of nitrogens with zero attached hydrogens (tertiary/aromatic N) is 1. The number of carbonyl (C=O) groups is 2. The van der Waals surface area contributed by atoms with Crippen LogP contribution in [0.2, 0.25) is 0 Å². The molecule has 2 aliphatic rings. The Kier molecular flexibility index (Phi) is 6.84. The number of aliphatic hydroxyl groups is 1. The van der Waals surface area contributed by atoms with Crippen molar-refractivity contribution in [1.29, 1.82) is 0 Å². The molecule has 0 radical (unpaired) electrons. The van der Waals surface area contributed by atoms with E-state index in [1.54, 1.807) is 6.08 Å². The lowest BCUT2D eigenvalue weighted by Crippen LogP contribution is -2.51. The molecule has 24 heavy (non-hydrogen) atoms. The van der Waals surface area contributed by atoms with Crippen LogP contribution < -0.4 is 5.32 Å². The van der Waals surface area contributed by atoms with Gasteiger partial charge >= 0.3 is 0 Å². The zero-order valence-electron chi connectivity index (χ0n) is 15.3.